The van der Waals surface area contributed by atoms with Crippen LogP contribution in [0.5, 0.6) is 0 Å². The summed E-state index contributed by atoms with van der Waals surface area (Å²) in [6.45, 7) is 5.04. The van der Waals surface area contributed by atoms with Crippen molar-refractivity contribution in [3.63, 3.8) is 0 Å². The largest absolute Gasteiger partial charge is 0.471 e. The Bertz CT molecular complexity index is 974. The number of aromatic nitrogens is 4. The summed E-state index contributed by atoms with van der Waals surface area (Å²) >= 11 is 0. The second-order valence-electron chi connectivity index (χ2n) is 7.40. The second-order valence-corrected chi connectivity index (χ2v) is 7.40. The van der Waals surface area contributed by atoms with Crippen LogP contribution in [0.3, 0.4) is 0 Å². The van der Waals surface area contributed by atoms with Gasteiger partial charge in [0, 0.05) is 12.5 Å². The minimum atomic E-state index is -4.95. The van der Waals surface area contributed by atoms with Gasteiger partial charge in [-0.2, -0.15) is 18.3 Å². The van der Waals surface area contributed by atoms with Crippen LogP contribution in [0.15, 0.2) is 30.1 Å². The van der Waals surface area contributed by atoms with Gasteiger partial charge in [0.05, 0.1) is 16.6 Å². The lowest BCUT2D eigenvalue weighted by Crippen LogP contribution is -2.46. The van der Waals surface area contributed by atoms with Gasteiger partial charge >= 0.3 is 12.1 Å². The molecule has 2 aromatic heterocycles. The predicted molar refractivity (Wildman–Crippen MR) is 98.4 cm³/mol. The number of anilines is 1. The van der Waals surface area contributed by atoms with E-state index in [1.165, 1.54) is 11.0 Å². The van der Waals surface area contributed by atoms with Gasteiger partial charge in [0.15, 0.2) is 5.65 Å². The molecular formula is C18H21F3N6O. The van der Waals surface area contributed by atoms with E-state index < -0.39 is 17.6 Å². The summed E-state index contributed by atoms with van der Waals surface area (Å²) in [6, 6.07) is 0. The highest BCUT2D eigenvalue weighted by atomic mass is 19.4. The number of hydrogen-bond donors (Lipinski definition) is 2. The maximum absolute atomic E-state index is 12.5. The number of nitrogen functional groups attached to an aromatic ring is 1. The molecule has 2 heterocycles. The molecular weight excluding hydrogens is 373 g/mol. The quantitative estimate of drug-likeness (QED) is 0.831. The van der Waals surface area contributed by atoms with E-state index in [9.17, 15) is 18.0 Å². The molecule has 10 heteroatoms. The Balaban J connectivity index is 2.01. The Morgan fingerprint density at radius 3 is 2.68 bits per heavy atom. The Hall–Kier alpha value is -2.91. The molecule has 1 amide bonds. The smallest absolute Gasteiger partial charge is 0.383 e. The number of nitrogens with zero attached hydrogens (tertiary/aromatic N) is 4. The molecule has 1 atom stereocenters. The van der Waals surface area contributed by atoms with Crippen molar-refractivity contribution in [1.29, 1.82) is 0 Å². The van der Waals surface area contributed by atoms with Crippen LogP contribution in [0.1, 0.15) is 38.8 Å². The van der Waals surface area contributed by atoms with E-state index in [-0.39, 0.29) is 18.3 Å². The van der Waals surface area contributed by atoms with Crippen molar-refractivity contribution >= 4 is 22.8 Å². The van der Waals surface area contributed by atoms with Crippen LogP contribution >= 0.6 is 0 Å². The highest BCUT2D eigenvalue weighted by Gasteiger charge is 2.40. The fourth-order valence-corrected chi connectivity index (χ4v) is 3.08. The molecule has 0 bridgehead atoms. The molecule has 1 unspecified atom stereocenters. The van der Waals surface area contributed by atoms with Gasteiger partial charge in [0.25, 0.3) is 0 Å². The molecule has 1 aliphatic carbocycles. The van der Waals surface area contributed by atoms with Gasteiger partial charge in [-0.05, 0) is 27.2 Å². The standard InChI is InChI=1S/C18H21F3N6O/c1-10-4-6-11(7-5-10)13-12-14(22)24-9-25-15(12)27(26-13)17(2,3)8-23-16(28)18(19,20)21/h4-6,9,11H,7-8H2,1-3H3,(H,23,28)(H2,22,24,25). The lowest BCUT2D eigenvalue weighted by Gasteiger charge is -2.26. The zero-order valence-electron chi connectivity index (χ0n) is 15.7. The van der Waals surface area contributed by atoms with Gasteiger partial charge in [-0.15, -0.1) is 0 Å². The summed E-state index contributed by atoms with van der Waals surface area (Å²) in [4.78, 5) is 19.5. The van der Waals surface area contributed by atoms with E-state index in [1.54, 1.807) is 13.8 Å². The monoisotopic (exact) mass is 394 g/mol. The van der Waals surface area contributed by atoms with Crippen LogP contribution in [0, 0.1) is 0 Å². The van der Waals surface area contributed by atoms with Crippen molar-refractivity contribution < 1.29 is 18.0 Å². The van der Waals surface area contributed by atoms with Gasteiger partial charge in [-0.1, -0.05) is 23.8 Å². The summed E-state index contributed by atoms with van der Waals surface area (Å²) in [5.41, 5.74) is 7.29. The minimum absolute atomic E-state index is 0.0543. The molecule has 0 radical (unpaired) electrons. The van der Waals surface area contributed by atoms with Gasteiger partial charge in [-0.25, -0.2) is 14.6 Å². The molecule has 3 rings (SSSR count). The van der Waals surface area contributed by atoms with Crippen LogP contribution in [0.2, 0.25) is 0 Å². The number of nitrogens with two attached hydrogens (primary N) is 1. The summed E-state index contributed by atoms with van der Waals surface area (Å²) in [6.07, 6.45) is 3.11. The zero-order chi connectivity index (χ0) is 20.7. The maximum atomic E-state index is 12.5. The maximum Gasteiger partial charge on any atom is 0.471 e. The van der Waals surface area contributed by atoms with E-state index in [2.05, 4.69) is 21.1 Å². The van der Waals surface area contributed by atoms with Crippen LogP contribution in [0.4, 0.5) is 19.0 Å². The third-order valence-electron chi connectivity index (χ3n) is 4.67. The molecule has 3 N–H and O–H groups in total. The average molecular weight is 394 g/mol. The van der Waals surface area contributed by atoms with Crippen molar-refractivity contribution in [2.24, 2.45) is 0 Å². The summed E-state index contributed by atoms with van der Waals surface area (Å²) in [7, 11) is 0. The first-order valence-corrected chi connectivity index (χ1v) is 8.70. The lowest BCUT2D eigenvalue weighted by molar-refractivity contribution is -0.173. The first-order valence-electron chi connectivity index (χ1n) is 8.70. The van der Waals surface area contributed by atoms with E-state index in [0.29, 0.717) is 23.1 Å². The van der Waals surface area contributed by atoms with Crippen LogP contribution in [-0.4, -0.2) is 38.4 Å². The first-order chi connectivity index (χ1) is 13.0. The van der Waals surface area contributed by atoms with Crippen molar-refractivity contribution in [3.05, 3.63) is 35.8 Å². The number of nitrogens with one attached hydrogen (secondary N) is 1. The Labute approximate surface area is 159 Å². The molecule has 0 fully saturated rings. The first kappa shape index (κ1) is 19.8. The van der Waals surface area contributed by atoms with E-state index >= 15 is 0 Å². The van der Waals surface area contributed by atoms with E-state index in [1.807, 2.05) is 24.4 Å². The highest BCUT2D eigenvalue weighted by molar-refractivity contribution is 5.89. The molecule has 7 nitrogen and oxygen atoms in total. The number of halogens is 3. The molecule has 0 saturated heterocycles. The number of amides is 1. The Morgan fingerprint density at radius 2 is 2.07 bits per heavy atom. The Kier molecular flexibility index (Phi) is 4.90. The molecule has 0 spiro atoms. The predicted octanol–water partition coefficient (Wildman–Crippen LogP) is 2.81. The summed E-state index contributed by atoms with van der Waals surface area (Å²) < 4.78 is 39.1. The van der Waals surface area contributed by atoms with Gasteiger partial charge in [0.2, 0.25) is 0 Å². The SMILES string of the molecule is CC1=CCC(c2nn(C(C)(C)CNC(=O)C(F)(F)F)c3ncnc(N)c23)C=C1. The number of rotatable bonds is 4. The van der Waals surface area contributed by atoms with Crippen molar-refractivity contribution in [1.82, 2.24) is 25.1 Å². The Morgan fingerprint density at radius 1 is 1.36 bits per heavy atom. The number of fused-ring (bicyclic) bond motifs is 1. The fraction of sp³-hybridized carbons (Fsp3) is 0.444. The van der Waals surface area contributed by atoms with Crippen molar-refractivity contribution in [3.8, 4) is 0 Å². The highest BCUT2D eigenvalue weighted by Crippen LogP contribution is 2.34. The number of carbonyl (C=O) groups excluding carboxylic acids is 1. The average Bonchev–Trinajstić information content (AvgIpc) is 3.01. The number of hydrogen-bond acceptors (Lipinski definition) is 5. The number of allylic oxidation sites excluding steroid dienone is 4. The normalized spacial score (nSPS) is 17.6. The second kappa shape index (κ2) is 6.92. The van der Waals surface area contributed by atoms with Gasteiger partial charge < -0.3 is 11.1 Å². The number of alkyl halides is 3. The molecule has 1 aliphatic rings. The molecule has 0 saturated carbocycles. The van der Waals surface area contributed by atoms with Crippen LogP contribution < -0.4 is 11.1 Å². The van der Waals surface area contributed by atoms with Crippen molar-refractivity contribution in [2.45, 2.75) is 44.8 Å². The molecule has 28 heavy (non-hydrogen) atoms. The summed E-state index contributed by atoms with van der Waals surface area (Å²) in [5.74, 6) is -1.80. The zero-order valence-corrected chi connectivity index (χ0v) is 15.7. The van der Waals surface area contributed by atoms with Crippen LogP contribution in [-0.2, 0) is 10.3 Å². The third-order valence-corrected chi connectivity index (χ3v) is 4.67. The topological polar surface area (TPSA) is 98.7 Å². The van der Waals surface area contributed by atoms with E-state index in [4.69, 9.17) is 5.73 Å². The van der Waals surface area contributed by atoms with Crippen LogP contribution in [0.25, 0.3) is 11.0 Å². The van der Waals surface area contributed by atoms with Gasteiger partial charge in [0.1, 0.15) is 12.1 Å². The van der Waals surface area contributed by atoms with E-state index in [0.717, 1.165) is 5.57 Å². The third kappa shape index (κ3) is 3.71. The minimum Gasteiger partial charge on any atom is -0.383 e. The lowest BCUT2D eigenvalue weighted by atomic mass is 9.93. The number of carbonyl (C=O) groups is 1. The molecule has 150 valence electrons. The fourth-order valence-electron chi connectivity index (χ4n) is 3.08. The molecule has 0 aromatic carbocycles. The van der Waals surface area contributed by atoms with Gasteiger partial charge in [-0.3, -0.25) is 4.79 Å². The summed E-state index contributed by atoms with van der Waals surface area (Å²) in [5, 5.41) is 7.11. The van der Waals surface area contributed by atoms with Crippen molar-refractivity contribution in [2.75, 3.05) is 12.3 Å². The molecule has 0 aliphatic heterocycles. The molecule has 2 aromatic rings.